The van der Waals surface area contributed by atoms with Crippen molar-refractivity contribution in [1.82, 2.24) is 29.4 Å². The SMILES string of the molecule is [2H]C([2H])([2H])CCc1nn(C([2H])([2H])[2H])c2c(=O)[nH]c(-c3cc(S(=O)(=O)NC([2H])([2H])CC4CCCN4C)ccc3OCCC)nc12. The van der Waals surface area contributed by atoms with Crippen molar-refractivity contribution >= 4 is 21.1 Å². The molecule has 1 saturated heterocycles. The van der Waals surface area contributed by atoms with Crippen molar-refractivity contribution in [2.75, 3.05) is 26.7 Å². The number of rotatable bonds is 11. The molecule has 0 amide bonds. The van der Waals surface area contributed by atoms with E-state index in [9.17, 15) is 13.2 Å². The summed E-state index contributed by atoms with van der Waals surface area (Å²) in [6, 6.07) is 3.68. The fourth-order valence-corrected chi connectivity index (χ4v) is 5.16. The Morgan fingerprint density at radius 2 is 2.22 bits per heavy atom. The van der Waals surface area contributed by atoms with Crippen molar-refractivity contribution < 1.29 is 24.1 Å². The van der Waals surface area contributed by atoms with Crippen molar-refractivity contribution in [3.63, 3.8) is 0 Å². The Hall–Kier alpha value is -2.76. The maximum absolute atomic E-state index is 13.4. The lowest BCUT2D eigenvalue weighted by atomic mass is 10.1. The lowest BCUT2D eigenvalue weighted by molar-refractivity contribution is 0.297. The molecule has 0 saturated carbocycles. The van der Waals surface area contributed by atoms with Gasteiger partial charge in [-0.3, -0.25) is 9.48 Å². The van der Waals surface area contributed by atoms with E-state index in [4.69, 9.17) is 15.7 Å². The molecule has 10 nitrogen and oxygen atoms in total. The molecular weight excluding hydrogens is 480 g/mol. The number of fused-ring (bicyclic) bond motifs is 1. The standard InChI is InChI=1S/C25H36N6O4S/c1-5-8-20-22-23(31(4)29-20)25(32)28-24(27-22)19-16-18(10-11-21(19)35-15-6-2)36(33,34)26-13-12-17-9-7-14-30(17)3/h10-11,16-17,26H,5-9,12-15H2,1-4H3,(H,27,28,32)/i1D3,4D3,13D2. The minimum atomic E-state index is -4.42. The third-order valence-corrected chi connectivity index (χ3v) is 7.44. The number of nitrogens with one attached hydrogen (secondary N) is 2. The summed E-state index contributed by atoms with van der Waals surface area (Å²) >= 11 is 0. The van der Waals surface area contributed by atoms with Gasteiger partial charge >= 0.3 is 0 Å². The van der Waals surface area contributed by atoms with Crippen LogP contribution in [-0.4, -0.2) is 65.8 Å². The third-order valence-electron chi connectivity index (χ3n) is 6.16. The van der Waals surface area contributed by atoms with Crippen LogP contribution in [0.5, 0.6) is 5.75 Å². The smallest absolute Gasteiger partial charge is 0.277 e. The predicted molar refractivity (Wildman–Crippen MR) is 140 cm³/mol. The summed E-state index contributed by atoms with van der Waals surface area (Å²) in [4.78, 5) is 21.9. The van der Waals surface area contributed by atoms with Crippen LogP contribution in [0.1, 0.15) is 62.5 Å². The zero-order valence-electron chi connectivity index (χ0n) is 28.3. The summed E-state index contributed by atoms with van der Waals surface area (Å²) in [5, 5.41) is 4.02. The quantitative estimate of drug-likeness (QED) is 0.395. The van der Waals surface area contributed by atoms with Gasteiger partial charge in [-0.1, -0.05) is 20.2 Å². The number of aromatic nitrogens is 4. The maximum Gasteiger partial charge on any atom is 0.277 e. The van der Waals surface area contributed by atoms with Gasteiger partial charge in [0.1, 0.15) is 17.1 Å². The van der Waals surface area contributed by atoms with Gasteiger partial charge in [0.05, 0.1) is 22.8 Å². The fraction of sp³-hybridized carbons (Fsp3) is 0.560. The summed E-state index contributed by atoms with van der Waals surface area (Å²) in [5.74, 6) is -0.00221. The third kappa shape index (κ3) is 5.47. The summed E-state index contributed by atoms with van der Waals surface area (Å²) in [5.41, 5.74) is -1.40. The van der Waals surface area contributed by atoms with E-state index in [-0.39, 0.29) is 70.7 Å². The van der Waals surface area contributed by atoms with Crippen LogP contribution in [0.4, 0.5) is 0 Å². The molecule has 1 aliphatic rings. The van der Waals surface area contributed by atoms with Gasteiger partial charge in [0.2, 0.25) is 10.0 Å². The Bertz CT molecular complexity index is 1670. The average molecular weight is 525 g/mol. The number of benzene rings is 1. The zero-order valence-corrected chi connectivity index (χ0v) is 21.1. The summed E-state index contributed by atoms with van der Waals surface area (Å²) < 4.78 is 98.1. The molecular formula is C25H36N6O4S. The Morgan fingerprint density at radius 1 is 1.36 bits per heavy atom. The first-order valence-electron chi connectivity index (χ1n) is 15.9. The molecule has 196 valence electrons. The second-order valence-corrected chi connectivity index (χ2v) is 10.4. The average Bonchev–Trinajstić information content (AvgIpc) is 3.48. The molecule has 1 aliphatic heterocycles. The fourth-order valence-electron chi connectivity index (χ4n) is 4.25. The molecule has 0 radical (unpaired) electrons. The molecule has 0 bridgehead atoms. The normalized spacial score (nSPS) is 21.1. The highest BCUT2D eigenvalue weighted by Gasteiger charge is 2.23. The van der Waals surface area contributed by atoms with E-state index in [0.717, 1.165) is 19.4 Å². The summed E-state index contributed by atoms with van der Waals surface area (Å²) in [6.07, 6.45) is 1.64. The topological polar surface area (TPSA) is 122 Å². The second kappa shape index (κ2) is 11.1. The van der Waals surface area contributed by atoms with Crippen LogP contribution in [-0.2, 0) is 23.4 Å². The van der Waals surface area contributed by atoms with Crippen LogP contribution in [0.15, 0.2) is 27.9 Å². The summed E-state index contributed by atoms with van der Waals surface area (Å²) in [7, 11) is -2.55. The van der Waals surface area contributed by atoms with Crippen LogP contribution >= 0.6 is 0 Å². The van der Waals surface area contributed by atoms with Crippen molar-refractivity contribution in [1.29, 1.82) is 0 Å². The minimum Gasteiger partial charge on any atom is -0.493 e. The number of ether oxygens (including phenoxy) is 1. The minimum absolute atomic E-state index is 0.0221. The molecule has 2 aromatic heterocycles. The molecule has 2 N–H and O–H groups in total. The first kappa shape index (κ1) is 17.7. The van der Waals surface area contributed by atoms with Gasteiger partial charge < -0.3 is 14.6 Å². The van der Waals surface area contributed by atoms with E-state index in [0.29, 0.717) is 11.1 Å². The second-order valence-electron chi connectivity index (χ2n) is 8.74. The first-order chi connectivity index (χ1) is 20.3. The molecule has 1 unspecified atom stereocenters. The van der Waals surface area contributed by atoms with Gasteiger partial charge in [0.25, 0.3) is 5.56 Å². The molecule has 4 rings (SSSR count). The van der Waals surface area contributed by atoms with Crippen molar-refractivity contribution in [2.45, 2.75) is 63.2 Å². The van der Waals surface area contributed by atoms with Crippen molar-refractivity contribution in [2.24, 2.45) is 6.98 Å². The van der Waals surface area contributed by atoms with Crippen LogP contribution in [0.2, 0.25) is 0 Å². The number of aromatic amines is 1. The van der Waals surface area contributed by atoms with E-state index in [1.165, 1.54) is 18.2 Å². The van der Waals surface area contributed by atoms with Crippen LogP contribution in [0, 0.1) is 0 Å². The molecule has 11 heteroatoms. The molecule has 0 spiro atoms. The Balaban J connectivity index is 1.81. The van der Waals surface area contributed by atoms with E-state index in [2.05, 4.69) is 19.8 Å². The zero-order chi connectivity index (χ0) is 32.7. The van der Waals surface area contributed by atoms with E-state index in [1.807, 2.05) is 18.9 Å². The summed E-state index contributed by atoms with van der Waals surface area (Å²) in [6.45, 7) is -4.58. The number of nitrogens with zero attached hydrogens (tertiary/aromatic N) is 4. The first-order valence-corrected chi connectivity index (χ1v) is 13.3. The van der Waals surface area contributed by atoms with Gasteiger partial charge in [0, 0.05) is 30.5 Å². The Kier molecular flexibility index (Phi) is 5.44. The highest BCUT2D eigenvalue weighted by molar-refractivity contribution is 7.89. The molecule has 1 aromatic carbocycles. The van der Waals surface area contributed by atoms with Gasteiger partial charge in [-0.2, -0.15) is 5.10 Å². The number of H-pyrrole nitrogens is 1. The van der Waals surface area contributed by atoms with Gasteiger partial charge in [-0.25, -0.2) is 18.1 Å². The number of aryl methyl sites for hydroxylation is 2. The number of sulfonamides is 1. The van der Waals surface area contributed by atoms with Crippen LogP contribution in [0.3, 0.4) is 0 Å². The van der Waals surface area contributed by atoms with E-state index in [1.54, 1.807) is 0 Å². The molecule has 0 aliphatic carbocycles. The number of hydrogen-bond donors (Lipinski definition) is 2. The van der Waals surface area contributed by atoms with Crippen LogP contribution < -0.4 is 15.0 Å². The van der Waals surface area contributed by atoms with Crippen LogP contribution in [0.25, 0.3) is 22.4 Å². The highest BCUT2D eigenvalue weighted by atomic mass is 32.2. The van der Waals surface area contributed by atoms with Gasteiger partial charge in [-0.05, 0) is 63.9 Å². The molecule has 3 heterocycles. The van der Waals surface area contributed by atoms with Crippen molar-refractivity contribution in [3.8, 4) is 17.1 Å². The Morgan fingerprint density at radius 3 is 2.94 bits per heavy atom. The Labute approximate surface area is 223 Å². The highest BCUT2D eigenvalue weighted by Crippen LogP contribution is 2.31. The van der Waals surface area contributed by atoms with Crippen molar-refractivity contribution in [3.05, 3.63) is 34.2 Å². The molecule has 36 heavy (non-hydrogen) atoms. The molecule has 1 atom stereocenters. The van der Waals surface area contributed by atoms with Gasteiger partial charge in [0.15, 0.2) is 5.52 Å². The van der Waals surface area contributed by atoms with E-state index >= 15 is 0 Å². The monoisotopic (exact) mass is 524 g/mol. The maximum atomic E-state index is 13.4. The van der Waals surface area contributed by atoms with Gasteiger partial charge in [-0.15, -0.1) is 0 Å². The molecule has 1 fully saturated rings. The number of hydrogen-bond acceptors (Lipinski definition) is 7. The number of likely N-dealkylation sites (tertiary alicyclic amines) is 1. The van der Waals surface area contributed by atoms with E-state index < -0.39 is 35.9 Å². The lowest BCUT2D eigenvalue weighted by Gasteiger charge is -2.19. The largest absolute Gasteiger partial charge is 0.493 e. The predicted octanol–water partition coefficient (Wildman–Crippen LogP) is 2.83. The molecule has 3 aromatic rings. The lowest BCUT2D eigenvalue weighted by Crippen LogP contribution is -2.31.